The Bertz CT molecular complexity index is 1130. The van der Waals surface area contributed by atoms with Crippen LogP contribution in [-0.4, -0.2) is 36.0 Å². The lowest BCUT2D eigenvalue weighted by Gasteiger charge is -2.27. The van der Waals surface area contributed by atoms with Crippen molar-refractivity contribution in [2.24, 2.45) is 0 Å². The molecule has 0 unspecified atom stereocenters. The maximum Gasteiger partial charge on any atom is 0.254 e. The van der Waals surface area contributed by atoms with Crippen LogP contribution in [0.25, 0.3) is 16.7 Å². The number of nitrogens with zero attached hydrogens (tertiary/aromatic N) is 3. The number of carbonyl (C=O) groups excluding carboxylic acids is 1. The molecule has 1 aromatic heterocycles. The summed E-state index contributed by atoms with van der Waals surface area (Å²) in [5.41, 5.74) is 5.53. The van der Waals surface area contributed by atoms with Gasteiger partial charge in [-0.3, -0.25) is 4.79 Å². The maximum absolute atomic E-state index is 12.9. The van der Waals surface area contributed by atoms with Crippen LogP contribution >= 0.6 is 0 Å². The number of hydrogen-bond donors (Lipinski definition) is 0. The van der Waals surface area contributed by atoms with Crippen molar-refractivity contribution in [1.29, 1.82) is 5.26 Å². The van der Waals surface area contributed by atoms with E-state index in [1.54, 1.807) is 19.4 Å². The van der Waals surface area contributed by atoms with Gasteiger partial charge >= 0.3 is 0 Å². The van der Waals surface area contributed by atoms with E-state index >= 15 is 0 Å². The van der Waals surface area contributed by atoms with Crippen LogP contribution < -0.4 is 4.74 Å². The second-order valence-electron chi connectivity index (χ2n) is 7.09. The molecule has 1 amide bonds. The number of methoxy groups -OCH3 is 1. The molecule has 5 nitrogen and oxygen atoms in total. The van der Waals surface area contributed by atoms with E-state index in [-0.39, 0.29) is 5.91 Å². The third kappa shape index (κ3) is 4.08. The van der Waals surface area contributed by atoms with Crippen LogP contribution in [0.4, 0.5) is 0 Å². The first-order valence-corrected chi connectivity index (χ1v) is 9.77. The van der Waals surface area contributed by atoms with Gasteiger partial charge in [-0.1, -0.05) is 30.3 Å². The number of benzene rings is 2. The summed E-state index contributed by atoms with van der Waals surface area (Å²) in [4.78, 5) is 19.0. The third-order valence-electron chi connectivity index (χ3n) is 5.27. The fourth-order valence-corrected chi connectivity index (χ4v) is 3.56. The average Bonchev–Trinajstić information content (AvgIpc) is 2.84. The molecule has 0 atom stereocenters. The van der Waals surface area contributed by atoms with Gasteiger partial charge in [0.1, 0.15) is 0 Å². The van der Waals surface area contributed by atoms with Crippen molar-refractivity contribution in [1.82, 2.24) is 9.88 Å². The molecular formula is C25H21N3O2. The number of nitriles is 1. The van der Waals surface area contributed by atoms with Crippen molar-refractivity contribution in [3.8, 4) is 23.1 Å². The average molecular weight is 395 g/mol. The Morgan fingerprint density at radius 1 is 1.07 bits per heavy atom. The third-order valence-corrected chi connectivity index (χ3v) is 5.27. The van der Waals surface area contributed by atoms with Crippen molar-refractivity contribution in [3.05, 3.63) is 89.6 Å². The highest BCUT2D eigenvalue weighted by Gasteiger charge is 2.19. The Labute approximate surface area is 175 Å². The summed E-state index contributed by atoms with van der Waals surface area (Å²) in [5, 5.41) is 9.09. The smallest absolute Gasteiger partial charge is 0.254 e. The highest BCUT2D eigenvalue weighted by atomic mass is 16.5. The van der Waals surface area contributed by atoms with E-state index in [4.69, 9.17) is 10.00 Å². The molecule has 5 heteroatoms. The topological polar surface area (TPSA) is 66.2 Å². The highest BCUT2D eigenvalue weighted by Crippen LogP contribution is 2.25. The van der Waals surface area contributed by atoms with Crippen LogP contribution in [0.15, 0.2) is 72.9 Å². The molecule has 0 saturated heterocycles. The van der Waals surface area contributed by atoms with Gasteiger partial charge in [-0.25, -0.2) is 4.98 Å². The largest absolute Gasteiger partial charge is 0.481 e. The lowest BCUT2D eigenvalue weighted by Crippen LogP contribution is -2.34. The van der Waals surface area contributed by atoms with Crippen LogP contribution in [0.5, 0.6) is 5.88 Å². The van der Waals surface area contributed by atoms with E-state index in [1.165, 1.54) is 5.57 Å². The standard InChI is InChI=1S/C25H21N3O2/c1-30-24-10-9-23(17-27-24)19-5-7-21(8-6-19)25(29)28-13-11-20(12-14-28)22-4-2-3-18(15-22)16-26/h2-11,15,17H,12-14H2,1H3. The van der Waals surface area contributed by atoms with E-state index < -0.39 is 0 Å². The fraction of sp³-hybridized carbons (Fsp3) is 0.160. The molecule has 148 valence electrons. The Hall–Kier alpha value is -3.91. The normalized spacial score (nSPS) is 13.3. The van der Waals surface area contributed by atoms with Gasteiger partial charge in [0.05, 0.1) is 18.7 Å². The summed E-state index contributed by atoms with van der Waals surface area (Å²) in [6, 6.07) is 21.1. The van der Waals surface area contributed by atoms with Gasteiger partial charge in [0, 0.05) is 36.5 Å². The first-order chi connectivity index (χ1) is 14.7. The quantitative estimate of drug-likeness (QED) is 0.650. The summed E-state index contributed by atoms with van der Waals surface area (Å²) in [7, 11) is 1.59. The Kier molecular flexibility index (Phi) is 5.58. The molecule has 0 N–H and O–H groups in total. The van der Waals surface area contributed by atoms with Crippen LogP contribution in [0.2, 0.25) is 0 Å². The SMILES string of the molecule is COc1ccc(-c2ccc(C(=O)N3CC=C(c4cccc(C#N)c4)CC3)cc2)cn1. The molecule has 0 saturated carbocycles. The molecule has 0 fully saturated rings. The lowest BCUT2D eigenvalue weighted by molar-refractivity contribution is 0.0773. The molecular weight excluding hydrogens is 374 g/mol. The Morgan fingerprint density at radius 2 is 1.87 bits per heavy atom. The minimum absolute atomic E-state index is 0.0236. The van der Waals surface area contributed by atoms with Crippen molar-refractivity contribution in [3.63, 3.8) is 0 Å². The monoisotopic (exact) mass is 395 g/mol. The predicted molar refractivity (Wildman–Crippen MR) is 116 cm³/mol. The molecule has 0 radical (unpaired) electrons. The summed E-state index contributed by atoms with van der Waals surface area (Å²) >= 11 is 0. The molecule has 2 heterocycles. The van der Waals surface area contributed by atoms with Gasteiger partial charge in [0.15, 0.2) is 0 Å². The van der Waals surface area contributed by atoms with Crippen LogP contribution in [0.3, 0.4) is 0 Å². The number of amides is 1. The zero-order valence-corrected chi connectivity index (χ0v) is 16.7. The lowest BCUT2D eigenvalue weighted by atomic mass is 9.97. The van der Waals surface area contributed by atoms with Gasteiger partial charge in [-0.05, 0) is 53.5 Å². The number of pyridine rings is 1. The van der Waals surface area contributed by atoms with Gasteiger partial charge in [-0.15, -0.1) is 0 Å². The van der Waals surface area contributed by atoms with Crippen LogP contribution in [0.1, 0.15) is 27.9 Å². The van der Waals surface area contributed by atoms with Crippen LogP contribution in [0, 0.1) is 11.3 Å². The summed E-state index contributed by atoms with van der Waals surface area (Å²) in [5.74, 6) is 0.595. The second kappa shape index (κ2) is 8.62. The molecule has 0 bridgehead atoms. The minimum Gasteiger partial charge on any atom is -0.481 e. The first-order valence-electron chi connectivity index (χ1n) is 9.77. The Morgan fingerprint density at radius 3 is 2.50 bits per heavy atom. The van der Waals surface area contributed by atoms with Gasteiger partial charge in [0.2, 0.25) is 5.88 Å². The molecule has 30 heavy (non-hydrogen) atoms. The van der Waals surface area contributed by atoms with Crippen molar-refractivity contribution >= 4 is 11.5 Å². The van der Waals surface area contributed by atoms with E-state index in [0.717, 1.165) is 23.1 Å². The van der Waals surface area contributed by atoms with E-state index in [9.17, 15) is 4.79 Å². The maximum atomic E-state index is 12.9. The second-order valence-corrected chi connectivity index (χ2v) is 7.09. The zero-order chi connectivity index (χ0) is 20.9. The number of aromatic nitrogens is 1. The van der Waals surface area contributed by atoms with Crippen LogP contribution in [-0.2, 0) is 0 Å². The van der Waals surface area contributed by atoms with E-state index in [0.29, 0.717) is 30.1 Å². The van der Waals surface area contributed by atoms with Gasteiger partial charge in [0.25, 0.3) is 5.91 Å². The summed E-state index contributed by atoms with van der Waals surface area (Å²) in [6.07, 6.45) is 4.61. The molecule has 2 aromatic carbocycles. The fourth-order valence-electron chi connectivity index (χ4n) is 3.56. The predicted octanol–water partition coefficient (Wildman–Crippen LogP) is 4.56. The minimum atomic E-state index is 0.0236. The molecule has 3 aromatic rings. The Balaban J connectivity index is 1.44. The van der Waals surface area contributed by atoms with Gasteiger partial charge in [-0.2, -0.15) is 5.26 Å². The van der Waals surface area contributed by atoms with Gasteiger partial charge < -0.3 is 9.64 Å². The van der Waals surface area contributed by atoms with Crippen molar-refractivity contribution < 1.29 is 9.53 Å². The molecule has 1 aliphatic rings. The first kappa shape index (κ1) is 19.4. The number of ether oxygens (including phenoxy) is 1. The number of hydrogen-bond acceptors (Lipinski definition) is 4. The van der Waals surface area contributed by atoms with Crippen molar-refractivity contribution in [2.45, 2.75) is 6.42 Å². The molecule has 4 rings (SSSR count). The molecule has 1 aliphatic heterocycles. The number of rotatable bonds is 4. The molecule has 0 spiro atoms. The summed E-state index contributed by atoms with van der Waals surface area (Å²) < 4.78 is 5.09. The summed E-state index contributed by atoms with van der Waals surface area (Å²) in [6.45, 7) is 1.22. The zero-order valence-electron chi connectivity index (χ0n) is 16.7. The van der Waals surface area contributed by atoms with E-state index in [1.807, 2.05) is 59.5 Å². The number of carbonyl (C=O) groups is 1. The highest BCUT2D eigenvalue weighted by molar-refractivity contribution is 5.95. The van der Waals surface area contributed by atoms with E-state index in [2.05, 4.69) is 17.1 Å². The molecule has 0 aliphatic carbocycles. The van der Waals surface area contributed by atoms with Crippen molar-refractivity contribution in [2.75, 3.05) is 20.2 Å².